The molecule has 2 aromatic rings. The van der Waals surface area contributed by atoms with Crippen LogP contribution in [0.3, 0.4) is 0 Å². The molecule has 6 heteroatoms. The van der Waals surface area contributed by atoms with E-state index in [1.807, 2.05) is 13.0 Å². The van der Waals surface area contributed by atoms with Gasteiger partial charge in [0, 0.05) is 35.5 Å². The molecule has 2 atom stereocenters. The maximum absolute atomic E-state index is 13.5. The molecule has 1 aliphatic heterocycles. The number of aromatic nitrogens is 1. The van der Waals surface area contributed by atoms with Crippen molar-refractivity contribution in [3.63, 3.8) is 0 Å². The molecule has 1 aromatic heterocycles. The smallest absolute Gasteiger partial charge is 0.235 e. The van der Waals surface area contributed by atoms with Gasteiger partial charge in [0.1, 0.15) is 11.6 Å². The zero-order valence-electron chi connectivity index (χ0n) is 16.2. The van der Waals surface area contributed by atoms with E-state index in [0.29, 0.717) is 23.5 Å². The number of hydrogen-bond acceptors (Lipinski definition) is 4. The van der Waals surface area contributed by atoms with Gasteiger partial charge in [-0.2, -0.15) is 0 Å². The zero-order chi connectivity index (χ0) is 20.5. The molecule has 0 saturated heterocycles. The number of nitrogens with zero attached hydrogens (tertiary/aromatic N) is 1. The Bertz CT molecular complexity index is 1030. The first-order chi connectivity index (χ1) is 14.0. The molecule has 4 rings (SSSR count). The van der Waals surface area contributed by atoms with E-state index in [4.69, 9.17) is 0 Å². The van der Waals surface area contributed by atoms with Crippen molar-refractivity contribution in [2.45, 2.75) is 32.1 Å². The molecule has 148 valence electrons. The van der Waals surface area contributed by atoms with E-state index < -0.39 is 11.8 Å². The highest BCUT2D eigenvalue weighted by atomic mass is 19.1. The van der Waals surface area contributed by atoms with Gasteiger partial charge in [-0.25, -0.2) is 9.37 Å². The van der Waals surface area contributed by atoms with Gasteiger partial charge in [-0.15, -0.1) is 0 Å². The average molecular weight is 391 g/mol. The number of halogens is 1. The topological polar surface area (TPSA) is 71.1 Å². The SMILES string of the molecule is C=C1NC2=C(C(=O)CCC2)C(c2ccc(F)cc2)C1C(=O)Nc1ncccc1C. The second-order valence-corrected chi connectivity index (χ2v) is 7.48. The van der Waals surface area contributed by atoms with Crippen LogP contribution in [0.15, 0.2) is 66.1 Å². The predicted octanol–water partition coefficient (Wildman–Crippen LogP) is 3.99. The van der Waals surface area contributed by atoms with Crippen LogP contribution in [0.5, 0.6) is 0 Å². The first kappa shape index (κ1) is 19.1. The van der Waals surface area contributed by atoms with Crippen molar-refractivity contribution < 1.29 is 14.0 Å². The van der Waals surface area contributed by atoms with Gasteiger partial charge in [0.2, 0.25) is 5.91 Å². The molecule has 1 amide bonds. The number of allylic oxidation sites excluding steroid dienone is 2. The van der Waals surface area contributed by atoms with Gasteiger partial charge >= 0.3 is 0 Å². The molecule has 5 nitrogen and oxygen atoms in total. The number of carbonyl (C=O) groups excluding carboxylic acids is 2. The van der Waals surface area contributed by atoms with Gasteiger partial charge < -0.3 is 10.6 Å². The molecule has 2 N–H and O–H groups in total. The van der Waals surface area contributed by atoms with E-state index >= 15 is 0 Å². The van der Waals surface area contributed by atoms with Gasteiger partial charge in [-0.1, -0.05) is 24.8 Å². The maximum atomic E-state index is 13.5. The second kappa shape index (κ2) is 7.62. The molecular formula is C23H22FN3O2. The summed E-state index contributed by atoms with van der Waals surface area (Å²) in [7, 11) is 0. The normalized spacial score (nSPS) is 21.4. The minimum Gasteiger partial charge on any atom is -0.362 e. The van der Waals surface area contributed by atoms with Crippen molar-refractivity contribution in [2.24, 2.45) is 5.92 Å². The molecule has 0 saturated carbocycles. The number of benzene rings is 1. The Kier molecular flexibility index (Phi) is 5.01. The highest BCUT2D eigenvalue weighted by molar-refractivity contribution is 6.02. The number of anilines is 1. The van der Waals surface area contributed by atoms with E-state index in [2.05, 4.69) is 22.2 Å². The number of nitrogens with one attached hydrogen (secondary N) is 2. The van der Waals surface area contributed by atoms with Crippen molar-refractivity contribution in [1.82, 2.24) is 10.3 Å². The fourth-order valence-corrected chi connectivity index (χ4v) is 4.14. The Morgan fingerprint density at radius 3 is 2.72 bits per heavy atom. The lowest BCUT2D eigenvalue weighted by atomic mass is 9.71. The summed E-state index contributed by atoms with van der Waals surface area (Å²) in [6.45, 7) is 5.94. The Labute approximate surface area is 168 Å². The van der Waals surface area contributed by atoms with Crippen molar-refractivity contribution in [3.8, 4) is 0 Å². The summed E-state index contributed by atoms with van der Waals surface area (Å²) in [5.74, 6) is -1.41. The number of ketones is 1. The summed E-state index contributed by atoms with van der Waals surface area (Å²) in [5, 5.41) is 6.07. The summed E-state index contributed by atoms with van der Waals surface area (Å²) in [6, 6.07) is 9.64. The summed E-state index contributed by atoms with van der Waals surface area (Å²) >= 11 is 0. The quantitative estimate of drug-likeness (QED) is 0.830. The number of amides is 1. The van der Waals surface area contributed by atoms with Crippen LogP contribution in [0, 0.1) is 18.7 Å². The lowest BCUT2D eigenvalue weighted by molar-refractivity contribution is -0.120. The molecular weight excluding hydrogens is 369 g/mol. The average Bonchev–Trinajstić information content (AvgIpc) is 2.69. The van der Waals surface area contributed by atoms with E-state index in [1.165, 1.54) is 12.1 Å². The Balaban J connectivity index is 1.78. The number of aryl methyl sites for hydroxylation is 1. The fraction of sp³-hybridized carbons (Fsp3) is 0.261. The van der Waals surface area contributed by atoms with Crippen LogP contribution >= 0.6 is 0 Å². The fourth-order valence-electron chi connectivity index (χ4n) is 4.14. The number of carbonyl (C=O) groups is 2. The summed E-state index contributed by atoms with van der Waals surface area (Å²) < 4.78 is 13.5. The first-order valence-electron chi connectivity index (χ1n) is 9.65. The van der Waals surface area contributed by atoms with E-state index in [0.717, 1.165) is 29.7 Å². The van der Waals surface area contributed by atoms with Crippen LogP contribution in [-0.4, -0.2) is 16.7 Å². The van der Waals surface area contributed by atoms with E-state index in [-0.39, 0.29) is 17.5 Å². The molecule has 1 aromatic carbocycles. The number of Topliss-reactive ketones (excluding diaryl/α,β-unsaturated/α-hetero) is 1. The third kappa shape index (κ3) is 3.58. The zero-order valence-corrected chi connectivity index (χ0v) is 16.2. The van der Waals surface area contributed by atoms with Gasteiger partial charge in [0.15, 0.2) is 5.78 Å². The van der Waals surface area contributed by atoms with Crippen molar-refractivity contribution in [1.29, 1.82) is 0 Å². The third-order valence-corrected chi connectivity index (χ3v) is 5.55. The molecule has 2 heterocycles. The van der Waals surface area contributed by atoms with E-state index in [1.54, 1.807) is 24.4 Å². The van der Waals surface area contributed by atoms with Crippen LogP contribution in [-0.2, 0) is 9.59 Å². The van der Waals surface area contributed by atoms with Crippen molar-refractivity contribution >= 4 is 17.5 Å². The van der Waals surface area contributed by atoms with Crippen LogP contribution in [0.4, 0.5) is 10.2 Å². The summed E-state index contributed by atoms with van der Waals surface area (Å²) in [4.78, 5) is 30.4. The number of pyridine rings is 1. The largest absolute Gasteiger partial charge is 0.362 e. The highest BCUT2D eigenvalue weighted by Crippen LogP contribution is 2.44. The lowest BCUT2D eigenvalue weighted by Gasteiger charge is -2.38. The minimum absolute atomic E-state index is 0.0207. The molecule has 0 bridgehead atoms. The van der Waals surface area contributed by atoms with Crippen LogP contribution in [0.1, 0.15) is 36.3 Å². The molecule has 2 unspecified atom stereocenters. The predicted molar refractivity (Wildman–Crippen MR) is 108 cm³/mol. The van der Waals surface area contributed by atoms with Gasteiger partial charge in [0.05, 0.1) is 5.92 Å². The first-order valence-corrected chi connectivity index (χ1v) is 9.65. The highest BCUT2D eigenvalue weighted by Gasteiger charge is 2.43. The molecule has 0 radical (unpaired) electrons. The summed E-state index contributed by atoms with van der Waals surface area (Å²) in [5.41, 5.74) is 3.50. The second-order valence-electron chi connectivity index (χ2n) is 7.48. The van der Waals surface area contributed by atoms with Crippen LogP contribution in [0.25, 0.3) is 0 Å². The Morgan fingerprint density at radius 1 is 1.24 bits per heavy atom. The van der Waals surface area contributed by atoms with Gasteiger partial charge in [0.25, 0.3) is 0 Å². The number of rotatable bonds is 3. The minimum atomic E-state index is -0.720. The maximum Gasteiger partial charge on any atom is 0.235 e. The van der Waals surface area contributed by atoms with Crippen LogP contribution in [0.2, 0.25) is 0 Å². The Morgan fingerprint density at radius 2 is 2.00 bits per heavy atom. The lowest BCUT2D eigenvalue weighted by Crippen LogP contribution is -2.42. The summed E-state index contributed by atoms with van der Waals surface area (Å²) in [6.07, 6.45) is 3.54. The van der Waals surface area contributed by atoms with Gasteiger partial charge in [-0.3, -0.25) is 9.59 Å². The monoisotopic (exact) mass is 391 g/mol. The molecule has 29 heavy (non-hydrogen) atoms. The van der Waals surface area contributed by atoms with Crippen molar-refractivity contribution in [2.75, 3.05) is 5.32 Å². The van der Waals surface area contributed by atoms with E-state index in [9.17, 15) is 14.0 Å². The Hall–Kier alpha value is -3.28. The molecule has 1 aliphatic carbocycles. The van der Waals surface area contributed by atoms with Crippen LogP contribution < -0.4 is 10.6 Å². The van der Waals surface area contributed by atoms with Gasteiger partial charge in [-0.05, 0) is 49.1 Å². The van der Waals surface area contributed by atoms with Crippen molar-refractivity contribution in [3.05, 3.63) is 83.1 Å². The molecule has 0 spiro atoms. The molecule has 0 fully saturated rings. The standard InChI is InChI=1S/C23H22FN3O2/c1-13-5-4-12-25-22(13)27-23(29)19-14(2)26-17-6-3-7-18(28)21(17)20(19)15-8-10-16(24)11-9-15/h4-5,8-12,19-20,26H,2-3,6-7H2,1H3,(H,25,27,29). The number of hydrogen-bond donors (Lipinski definition) is 2. The third-order valence-electron chi connectivity index (χ3n) is 5.55. The molecule has 2 aliphatic rings.